The Hall–Kier alpha value is -2.82. The first-order valence-corrected chi connectivity index (χ1v) is 11.3. The van der Waals surface area contributed by atoms with Crippen molar-refractivity contribution in [2.45, 2.75) is 0 Å². The van der Waals surface area contributed by atoms with Crippen molar-refractivity contribution in [2.24, 2.45) is 0 Å². The van der Waals surface area contributed by atoms with Gasteiger partial charge in [0.15, 0.2) is 0 Å². The van der Waals surface area contributed by atoms with Crippen LogP contribution in [0.25, 0.3) is 22.5 Å². The van der Waals surface area contributed by atoms with E-state index >= 15 is 0 Å². The summed E-state index contributed by atoms with van der Waals surface area (Å²) in [6.07, 6.45) is 3.60. The van der Waals surface area contributed by atoms with Crippen LogP contribution in [-0.4, -0.2) is 9.97 Å². The van der Waals surface area contributed by atoms with E-state index in [1.807, 2.05) is 60.7 Å². The van der Waals surface area contributed by atoms with Gasteiger partial charge in [-0.15, -0.1) is 59.7 Å². The van der Waals surface area contributed by atoms with Crippen LogP contribution in [0.5, 0.6) is 0 Å². The fourth-order valence-corrected chi connectivity index (χ4v) is 3.88. The van der Waals surface area contributed by atoms with Gasteiger partial charge in [-0.25, -0.2) is 0 Å². The largest absolute Gasteiger partial charge is 2.00 e. The Balaban J connectivity index is 0.00000259. The number of aromatic nitrogens is 2. The molecule has 5 rings (SSSR count). The molecule has 2 heterocycles. The van der Waals surface area contributed by atoms with Crippen LogP contribution in [0, 0.1) is 15.7 Å². The number of anilines is 3. The first kappa shape index (κ1) is 23.3. The fourth-order valence-electron chi connectivity index (χ4n) is 3.52. The second-order valence-electron chi connectivity index (χ2n) is 7.14. The van der Waals surface area contributed by atoms with Crippen LogP contribution in [0.1, 0.15) is 0 Å². The molecule has 5 aromatic rings. The van der Waals surface area contributed by atoms with E-state index in [0.717, 1.165) is 39.6 Å². The molecule has 162 valence electrons. The Morgan fingerprint density at radius 1 is 0.576 bits per heavy atom. The SMILES string of the molecule is Ic1ccc(N(c2[c-]c(-c3ccccn3)ccc2)c2[c-]c(-c3ccccn3)ccc2)cc1.[Pt+2]. The maximum Gasteiger partial charge on any atom is 2.00 e. The van der Waals surface area contributed by atoms with Gasteiger partial charge >= 0.3 is 21.1 Å². The predicted octanol–water partition coefficient (Wildman–Crippen LogP) is 7.48. The van der Waals surface area contributed by atoms with E-state index in [9.17, 15) is 0 Å². The molecule has 0 saturated carbocycles. The molecule has 0 aliphatic heterocycles. The monoisotopic (exact) mass is 718 g/mol. The van der Waals surface area contributed by atoms with Gasteiger partial charge in [-0.1, -0.05) is 24.3 Å². The zero-order valence-electron chi connectivity index (χ0n) is 17.4. The van der Waals surface area contributed by atoms with Crippen LogP contribution in [-0.2, 0) is 21.1 Å². The zero-order chi connectivity index (χ0) is 21.8. The van der Waals surface area contributed by atoms with Crippen molar-refractivity contribution in [1.29, 1.82) is 0 Å². The van der Waals surface area contributed by atoms with Gasteiger partial charge in [-0.05, 0) is 81.8 Å². The summed E-state index contributed by atoms with van der Waals surface area (Å²) < 4.78 is 1.18. The summed E-state index contributed by atoms with van der Waals surface area (Å²) in [6, 6.07) is 39.6. The Bertz CT molecular complexity index is 1240. The van der Waals surface area contributed by atoms with Gasteiger partial charge in [0.2, 0.25) is 0 Å². The molecular formula is C28H18IN3Pt. The summed E-state index contributed by atoms with van der Waals surface area (Å²) in [5, 5.41) is 0. The molecule has 0 aliphatic carbocycles. The third kappa shape index (κ3) is 5.40. The third-order valence-corrected chi connectivity index (χ3v) is 5.73. The van der Waals surface area contributed by atoms with Gasteiger partial charge in [0.1, 0.15) is 0 Å². The van der Waals surface area contributed by atoms with Gasteiger partial charge < -0.3 is 14.9 Å². The Morgan fingerprint density at radius 2 is 1.09 bits per heavy atom. The number of hydrogen-bond donors (Lipinski definition) is 0. The molecular weight excluding hydrogens is 700 g/mol. The van der Waals surface area contributed by atoms with E-state index in [4.69, 9.17) is 0 Å². The fraction of sp³-hybridized carbons (Fsp3) is 0. The van der Waals surface area contributed by atoms with E-state index < -0.39 is 0 Å². The minimum atomic E-state index is 0. The van der Waals surface area contributed by atoms with Crippen molar-refractivity contribution in [1.82, 2.24) is 9.97 Å². The van der Waals surface area contributed by atoms with Crippen molar-refractivity contribution in [3.8, 4) is 22.5 Å². The van der Waals surface area contributed by atoms with Gasteiger partial charge in [0.25, 0.3) is 0 Å². The van der Waals surface area contributed by atoms with Crippen molar-refractivity contribution in [3.63, 3.8) is 0 Å². The third-order valence-electron chi connectivity index (χ3n) is 5.01. The summed E-state index contributed by atoms with van der Waals surface area (Å²) in [6.45, 7) is 0. The summed E-state index contributed by atoms with van der Waals surface area (Å²) in [5.41, 5.74) is 6.55. The molecule has 0 amide bonds. The van der Waals surface area contributed by atoms with Crippen LogP contribution in [0.15, 0.2) is 109 Å². The second-order valence-corrected chi connectivity index (χ2v) is 8.39. The molecule has 0 fully saturated rings. The molecule has 0 spiro atoms. The van der Waals surface area contributed by atoms with Crippen LogP contribution in [0.2, 0.25) is 0 Å². The average Bonchev–Trinajstić information content (AvgIpc) is 2.87. The number of pyridine rings is 2. The maximum atomic E-state index is 4.49. The zero-order valence-corrected chi connectivity index (χ0v) is 21.9. The summed E-state index contributed by atoms with van der Waals surface area (Å²) in [4.78, 5) is 11.1. The predicted molar refractivity (Wildman–Crippen MR) is 138 cm³/mol. The van der Waals surface area contributed by atoms with Crippen LogP contribution in [0.4, 0.5) is 17.1 Å². The average molecular weight is 718 g/mol. The molecule has 3 nitrogen and oxygen atoms in total. The number of nitrogens with zero attached hydrogens (tertiary/aromatic N) is 3. The van der Waals surface area contributed by atoms with Gasteiger partial charge in [-0.2, -0.15) is 0 Å². The molecule has 0 saturated heterocycles. The number of benzene rings is 3. The number of halogens is 1. The molecule has 2 aromatic heterocycles. The normalized spacial score (nSPS) is 10.3. The van der Waals surface area contributed by atoms with E-state index in [1.54, 1.807) is 12.4 Å². The standard InChI is InChI=1S/C28H18IN3.Pt/c29-23-13-15-24(16-14-23)32(25-9-5-7-21(19-25)27-11-1-3-17-30-27)26-10-6-8-22(20-26)28-12-2-4-18-31-28;/h1-18H;/q-2;+2. The van der Waals surface area contributed by atoms with Crippen molar-refractivity contribution in [3.05, 3.63) is 125 Å². The molecule has 0 atom stereocenters. The topological polar surface area (TPSA) is 29.0 Å². The first-order valence-electron chi connectivity index (χ1n) is 10.2. The molecule has 0 bridgehead atoms. The summed E-state index contributed by atoms with van der Waals surface area (Å²) in [5.74, 6) is 0. The van der Waals surface area contributed by atoms with Gasteiger partial charge in [-0.3, -0.25) is 0 Å². The van der Waals surface area contributed by atoms with Crippen molar-refractivity contribution in [2.75, 3.05) is 4.90 Å². The molecule has 0 N–H and O–H groups in total. The quantitative estimate of drug-likeness (QED) is 0.140. The molecule has 33 heavy (non-hydrogen) atoms. The molecule has 0 aliphatic rings. The molecule has 0 unspecified atom stereocenters. The van der Waals surface area contributed by atoms with Crippen LogP contribution < -0.4 is 4.90 Å². The van der Waals surface area contributed by atoms with Gasteiger partial charge in [0, 0.05) is 21.7 Å². The van der Waals surface area contributed by atoms with E-state index in [2.05, 4.69) is 86.0 Å². The van der Waals surface area contributed by atoms with Crippen molar-refractivity contribution < 1.29 is 21.1 Å². The molecule has 3 aromatic carbocycles. The van der Waals surface area contributed by atoms with Crippen LogP contribution in [0.3, 0.4) is 0 Å². The number of rotatable bonds is 5. The second kappa shape index (κ2) is 10.9. The first-order chi connectivity index (χ1) is 15.8. The minimum Gasteiger partial charge on any atom is -0.346 e. The Morgan fingerprint density at radius 3 is 1.55 bits per heavy atom. The van der Waals surface area contributed by atoms with Crippen LogP contribution >= 0.6 is 22.6 Å². The van der Waals surface area contributed by atoms with Crippen molar-refractivity contribution >= 4 is 39.7 Å². The van der Waals surface area contributed by atoms with Gasteiger partial charge in [0.05, 0.1) is 0 Å². The summed E-state index contributed by atoms with van der Waals surface area (Å²) in [7, 11) is 0. The molecule has 5 heteroatoms. The molecule has 0 radical (unpaired) electrons. The Labute approximate surface area is 222 Å². The minimum absolute atomic E-state index is 0. The maximum absolute atomic E-state index is 4.49. The summed E-state index contributed by atoms with van der Waals surface area (Å²) >= 11 is 2.32. The smallest absolute Gasteiger partial charge is 0.346 e. The Kier molecular flexibility index (Phi) is 7.68. The van der Waals surface area contributed by atoms with E-state index in [1.165, 1.54) is 3.57 Å². The van der Waals surface area contributed by atoms with E-state index in [-0.39, 0.29) is 21.1 Å². The number of hydrogen-bond acceptors (Lipinski definition) is 3. The van der Waals surface area contributed by atoms with E-state index in [0.29, 0.717) is 0 Å².